The molecule has 0 bridgehead atoms. The fraction of sp³-hybridized carbons (Fsp3) is 0.400. The number of ether oxygens (including phenoxy) is 1. The summed E-state index contributed by atoms with van der Waals surface area (Å²) in [5.74, 6) is 0.288. The first kappa shape index (κ1) is 17.4. The summed E-state index contributed by atoms with van der Waals surface area (Å²) in [6.45, 7) is 3.33. The van der Waals surface area contributed by atoms with Gasteiger partial charge in [-0.2, -0.15) is 0 Å². The molecule has 0 radical (unpaired) electrons. The number of benzene rings is 1. The van der Waals surface area contributed by atoms with Crippen molar-refractivity contribution in [1.29, 1.82) is 0 Å². The Morgan fingerprint density at radius 2 is 2.12 bits per heavy atom. The van der Waals surface area contributed by atoms with Crippen LogP contribution in [0.2, 0.25) is 0 Å². The number of urea groups is 1. The number of hydrogen-bond donors (Lipinski definition) is 2. The van der Waals surface area contributed by atoms with Gasteiger partial charge < -0.3 is 15.4 Å². The Bertz CT molecular complexity index is 663. The molecule has 0 aliphatic carbocycles. The summed E-state index contributed by atoms with van der Waals surface area (Å²) >= 11 is 0. The Kier molecular flexibility index (Phi) is 6.01. The van der Waals surface area contributed by atoms with E-state index in [1.54, 1.807) is 12.4 Å². The minimum atomic E-state index is -0.159. The number of carbonyl (C=O) groups excluding carboxylic acids is 1. The second-order valence-corrected chi connectivity index (χ2v) is 6.47. The minimum absolute atomic E-state index is 0.0472. The maximum absolute atomic E-state index is 12.2. The number of rotatable bonds is 5. The van der Waals surface area contributed by atoms with Crippen molar-refractivity contribution in [2.75, 3.05) is 13.2 Å². The van der Waals surface area contributed by atoms with Crippen LogP contribution in [-0.2, 0) is 4.74 Å². The Labute approximate surface area is 148 Å². The molecule has 5 heteroatoms. The van der Waals surface area contributed by atoms with Crippen LogP contribution in [0.3, 0.4) is 0 Å². The number of carbonyl (C=O) groups is 1. The first-order valence-corrected chi connectivity index (χ1v) is 8.85. The van der Waals surface area contributed by atoms with Gasteiger partial charge in [-0.3, -0.25) is 4.98 Å². The predicted molar refractivity (Wildman–Crippen MR) is 97.0 cm³/mol. The van der Waals surface area contributed by atoms with E-state index in [0.29, 0.717) is 6.54 Å². The smallest absolute Gasteiger partial charge is 0.315 e. The summed E-state index contributed by atoms with van der Waals surface area (Å²) in [6, 6.07) is 13.8. The Morgan fingerprint density at radius 3 is 2.88 bits per heavy atom. The number of nitrogens with one attached hydrogen (secondary N) is 2. The number of pyridine rings is 1. The van der Waals surface area contributed by atoms with E-state index in [4.69, 9.17) is 4.74 Å². The van der Waals surface area contributed by atoms with Crippen LogP contribution in [0, 0.1) is 5.92 Å². The number of aromatic nitrogens is 1. The Balaban J connectivity index is 1.53. The Morgan fingerprint density at radius 1 is 1.28 bits per heavy atom. The molecule has 1 fully saturated rings. The molecule has 1 aliphatic heterocycles. The van der Waals surface area contributed by atoms with Gasteiger partial charge in [0, 0.05) is 31.5 Å². The lowest BCUT2D eigenvalue weighted by molar-refractivity contribution is -0.0269. The largest absolute Gasteiger partial charge is 0.373 e. The Hall–Kier alpha value is -2.40. The van der Waals surface area contributed by atoms with Crippen molar-refractivity contribution in [1.82, 2.24) is 15.6 Å². The van der Waals surface area contributed by atoms with E-state index in [2.05, 4.69) is 27.8 Å². The van der Waals surface area contributed by atoms with Crippen molar-refractivity contribution in [3.63, 3.8) is 0 Å². The second kappa shape index (κ2) is 8.62. The molecular formula is C20H25N3O2. The van der Waals surface area contributed by atoms with Gasteiger partial charge in [0.1, 0.15) is 0 Å². The first-order valence-electron chi connectivity index (χ1n) is 8.85. The second-order valence-electron chi connectivity index (χ2n) is 6.47. The molecule has 132 valence electrons. The number of nitrogens with zero attached hydrogens (tertiary/aromatic N) is 1. The summed E-state index contributed by atoms with van der Waals surface area (Å²) < 4.78 is 5.98. The normalized spacial score (nSPS) is 21.3. The van der Waals surface area contributed by atoms with Crippen LogP contribution >= 0.6 is 0 Å². The summed E-state index contributed by atoms with van der Waals surface area (Å²) in [5.41, 5.74) is 2.17. The van der Waals surface area contributed by atoms with Gasteiger partial charge in [0.25, 0.3) is 0 Å². The highest BCUT2D eigenvalue weighted by atomic mass is 16.5. The summed E-state index contributed by atoms with van der Waals surface area (Å²) in [6.07, 6.45) is 5.63. The zero-order valence-corrected chi connectivity index (χ0v) is 14.5. The standard InChI is InChI=1S/C20H25N3O2/c1-15(17-9-5-11-21-13-17)23-20(24)22-14-18-10-6-12-25-19(18)16-7-3-2-4-8-16/h2-5,7-9,11,13,15,18-19H,6,10,12,14H2,1H3,(H2,22,23,24)/t15-,18+,19+/m0/s1. The SMILES string of the molecule is C[C@H](NC(=O)NC[C@H]1CCCO[C@@H]1c1ccccc1)c1cccnc1. The minimum Gasteiger partial charge on any atom is -0.373 e. The van der Waals surface area contributed by atoms with Crippen molar-refractivity contribution < 1.29 is 9.53 Å². The van der Waals surface area contributed by atoms with Gasteiger partial charge in [-0.05, 0) is 37.0 Å². The zero-order valence-electron chi connectivity index (χ0n) is 14.5. The van der Waals surface area contributed by atoms with E-state index < -0.39 is 0 Å². The van der Waals surface area contributed by atoms with Crippen molar-refractivity contribution in [3.05, 3.63) is 66.0 Å². The van der Waals surface area contributed by atoms with E-state index in [-0.39, 0.29) is 24.1 Å². The van der Waals surface area contributed by atoms with Crippen molar-refractivity contribution in [2.45, 2.75) is 31.9 Å². The highest BCUT2D eigenvalue weighted by Gasteiger charge is 2.27. The van der Waals surface area contributed by atoms with Gasteiger partial charge in [-0.15, -0.1) is 0 Å². The molecule has 1 aromatic heterocycles. The highest BCUT2D eigenvalue weighted by molar-refractivity contribution is 5.74. The summed E-state index contributed by atoms with van der Waals surface area (Å²) in [7, 11) is 0. The fourth-order valence-electron chi connectivity index (χ4n) is 3.25. The lowest BCUT2D eigenvalue weighted by Gasteiger charge is -2.32. The van der Waals surface area contributed by atoms with Gasteiger partial charge in [0.2, 0.25) is 0 Å². The van der Waals surface area contributed by atoms with Crippen LogP contribution < -0.4 is 10.6 Å². The van der Waals surface area contributed by atoms with Gasteiger partial charge in [0.15, 0.2) is 0 Å². The topological polar surface area (TPSA) is 63.2 Å². The third-order valence-electron chi connectivity index (χ3n) is 4.63. The third kappa shape index (κ3) is 4.79. The monoisotopic (exact) mass is 339 g/mol. The van der Waals surface area contributed by atoms with E-state index in [1.807, 2.05) is 37.3 Å². The average Bonchev–Trinajstić information content (AvgIpc) is 2.68. The van der Waals surface area contributed by atoms with Gasteiger partial charge >= 0.3 is 6.03 Å². The van der Waals surface area contributed by atoms with Crippen molar-refractivity contribution in [2.24, 2.45) is 5.92 Å². The van der Waals surface area contributed by atoms with Gasteiger partial charge in [-0.25, -0.2) is 4.79 Å². The maximum atomic E-state index is 12.2. The van der Waals surface area contributed by atoms with E-state index in [1.165, 1.54) is 5.56 Å². The van der Waals surface area contributed by atoms with E-state index >= 15 is 0 Å². The number of hydrogen-bond acceptors (Lipinski definition) is 3. The number of amides is 2. The molecule has 1 aliphatic rings. The van der Waals surface area contributed by atoms with Crippen LogP contribution in [0.25, 0.3) is 0 Å². The molecule has 2 heterocycles. The molecule has 5 nitrogen and oxygen atoms in total. The lowest BCUT2D eigenvalue weighted by atomic mass is 9.89. The van der Waals surface area contributed by atoms with E-state index in [9.17, 15) is 4.79 Å². The zero-order chi connectivity index (χ0) is 17.5. The van der Waals surface area contributed by atoms with Crippen LogP contribution in [0.4, 0.5) is 4.79 Å². The molecule has 2 N–H and O–H groups in total. The summed E-state index contributed by atoms with van der Waals surface area (Å²) in [5, 5.41) is 5.96. The fourth-order valence-corrected chi connectivity index (χ4v) is 3.25. The molecule has 1 aromatic carbocycles. The molecule has 0 unspecified atom stereocenters. The molecule has 0 spiro atoms. The van der Waals surface area contributed by atoms with Crippen LogP contribution in [-0.4, -0.2) is 24.2 Å². The first-order chi connectivity index (χ1) is 12.2. The lowest BCUT2D eigenvalue weighted by Crippen LogP contribution is -2.41. The molecule has 0 saturated carbocycles. The molecule has 2 aromatic rings. The van der Waals surface area contributed by atoms with Crippen LogP contribution in [0.1, 0.15) is 43.0 Å². The highest BCUT2D eigenvalue weighted by Crippen LogP contribution is 2.33. The van der Waals surface area contributed by atoms with Crippen molar-refractivity contribution >= 4 is 6.03 Å². The molecule has 25 heavy (non-hydrogen) atoms. The molecule has 3 atom stereocenters. The van der Waals surface area contributed by atoms with Crippen LogP contribution in [0.5, 0.6) is 0 Å². The predicted octanol–water partition coefficient (Wildman–Crippen LogP) is 3.61. The molecule has 2 amide bonds. The quantitative estimate of drug-likeness (QED) is 0.875. The molecular weight excluding hydrogens is 314 g/mol. The summed E-state index contributed by atoms with van der Waals surface area (Å²) in [4.78, 5) is 16.3. The molecule has 1 saturated heterocycles. The van der Waals surface area contributed by atoms with E-state index in [0.717, 1.165) is 25.0 Å². The van der Waals surface area contributed by atoms with Gasteiger partial charge in [-0.1, -0.05) is 36.4 Å². The third-order valence-corrected chi connectivity index (χ3v) is 4.63. The van der Waals surface area contributed by atoms with Crippen molar-refractivity contribution in [3.8, 4) is 0 Å². The maximum Gasteiger partial charge on any atom is 0.315 e. The van der Waals surface area contributed by atoms with Gasteiger partial charge in [0.05, 0.1) is 12.1 Å². The van der Waals surface area contributed by atoms with Crippen LogP contribution in [0.15, 0.2) is 54.9 Å². The average molecular weight is 339 g/mol. The molecule has 3 rings (SSSR count).